The molecule has 0 spiro atoms. The molecule has 18 heavy (non-hydrogen) atoms. The Labute approximate surface area is 107 Å². The maximum absolute atomic E-state index is 5.96. The van der Waals surface area contributed by atoms with Gasteiger partial charge >= 0.3 is 0 Å². The van der Waals surface area contributed by atoms with Crippen LogP contribution in [0.5, 0.6) is 0 Å². The molecule has 2 aliphatic rings. The summed E-state index contributed by atoms with van der Waals surface area (Å²) in [5.74, 6) is 0. The predicted molar refractivity (Wildman–Crippen MR) is 73.3 cm³/mol. The van der Waals surface area contributed by atoms with Gasteiger partial charge in [-0.15, -0.1) is 0 Å². The molecule has 4 rings (SSSR count). The number of nitrogens with one attached hydrogen (secondary N) is 1. The van der Waals surface area contributed by atoms with Gasteiger partial charge in [-0.2, -0.15) is 0 Å². The Kier molecular flexibility index (Phi) is 1.78. The maximum Gasteiger partial charge on any atom is 0.0673 e. The first-order valence-electron chi connectivity index (χ1n) is 6.44. The zero-order valence-corrected chi connectivity index (χ0v) is 10.4. The van der Waals surface area contributed by atoms with E-state index in [2.05, 4.69) is 48.6 Å². The standard InChI is InChI=1S/C16H16N2/c1-16-13-5-3-2-4-12(13)15(18-16)8-10-6-7-11(17)9-14(10)16/h2-7,9,15,18H,8,17H2,1H3/t15?,16-/m0/s1. The highest BCUT2D eigenvalue weighted by Crippen LogP contribution is 2.48. The molecule has 0 saturated heterocycles. The largest absolute Gasteiger partial charge is 0.399 e. The Morgan fingerprint density at radius 3 is 2.89 bits per heavy atom. The molecule has 0 fully saturated rings. The average Bonchev–Trinajstić information content (AvgIpc) is 2.62. The van der Waals surface area contributed by atoms with Crippen LogP contribution in [0.25, 0.3) is 0 Å². The maximum atomic E-state index is 5.96. The topological polar surface area (TPSA) is 38.0 Å². The van der Waals surface area contributed by atoms with E-state index in [1.165, 1.54) is 22.3 Å². The van der Waals surface area contributed by atoms with Crippen molar-refractivity contribution in [1.29, 1.82) is 0 Å². The third-order valence-electron chi connectivity index (χ3n) is 4.43. The summed E-state index contributed by atoms with van der Waals surface area (Å²) >= 11 is 0. The lowest BCUT2D eigenvalue weighted by Gasteiger charge is -2.34. The van der Waals surface area contributed by atoms with Gasteiger partial charge in [-0.1, -0.05) is 30.3 Å². The average molecular weight is 236 g/mol. The van der Waals surface area contributed by atoms with E-state index in [9.17, 15) is 0 Å². The van der Waals surface area contributed by atoms with Crippen molar-refractivity contribution in [3.8, 4) is 0 Å². The van der Waals surface area contributed by atoms with Crippen LogP contribution in [0.2, 0.25) is 0 Å². The summed E-state index contributed by atoms with van der Waals surface area (Å²) in [5, 5.41) is 3.76. The van der Waals surface area contributed by atoms with Crippen LogP contribution in [-0.4, -0.2) is 0 Å². The number of hydrogen-bond acceptors (Lipinski definition) is 2. The lowest BCUT2D eigenvalue weighted by molar-refractivity contribution is 0.389. The van der Waals surface area contributed by atoms with Crippen LogP contribution in [0.1, 0.15) is 35.2 Å². The lowest BCUT2D eigenvalue weighted by atomic mass is 9.82. The van der Waals surface area contributed by atoms with Gasteiger partial charge in [-0.25, -0.2) is 0 Å². The molecule has 0 aromatic heterocycles. The van der Waals surface area contributed by atoms with Gasteiger partial charge in [0.1, 0.15) is 0 Å². The fourth-order valence-corrected chi connectivity index (χ4v) is 3.60. The van der Waals surface area contributed by atoms with Crippen LogP contribution < -0.4 is 11.1 Å². The number of hydrogen-bond donors (Lipinski definition) is 2. The molecular weight excluding hydrogens is 220 g/mol. The SMILES string of the molecule is C[C@@]12NC(Cc3ccc(N)cc31)c1ccccc12. The summed E-state index contributed by atoms with van der Waals surface area (Å²) in [5.41, 5.74) is 12.3. The van der Waals surface area contributed by atoms with Gasteiger partial charge in [0.05, 0.1) is 5.54 Å². The van der Waals surface area contributed by atoms with Crippen molar-refractivity contribution in [2.45, 2.75) is 24.9 Å². The quantitative estimate of drug-likeness (QED) is 0.690. The lowest BCUT2D eigenvalue weighted by Crippen LogP contribution is -2.41. The highest BCUT2D eigenvalue weighted by Gasteiger charge is 2.45. The molecule has 2 aliphatic heterocycles. The number of nitrogen functional groups attached to an aromatic ring is 1. The highest BCUT2D eigenvalue weighted by molar-refractivity contribution is 5.58. The molecule has 3 N–H and O–H groups in total. The van der Waals surface area contributed by atoms with Gasteiger partial charge in [0.2, 0.25) is 0 Å². The van der Waals surface area contributed by atoms with Crippen molar-refractivity contribution >= 4 is 5.69 Å². The third kappa shape index (κ3) is 1.11. The van der Waals surface area contributed by atoms with Crippen LogP contribution in [0, 0.1) is 0 Å². The second-order valence-electron chi connectivity index (χ2n) is 5.53. The molecule has 0 aliphatic carbocycles. The van der Waals surface area contributed by atoms with Crippen LogP contribution in [0.3, 0.4) is 0 Å². The fourth-order valence-electron chi connectivity index (χ4n) is 3.60. The summed E-state index contributed by atoms with van der Waals surface area (Å²) in [4.78, 5) is 0. The Morgan fingerprint density at radius 1 is 1.17 bits per heavy atom. The van der Waals surface area contributed by atoms with E-state index in [0.29, 0.717) is 6.04 Å². The summed E-state index contributed by atoms with van der Waals surface area (Å²) in [6, 6.07) is 15.5. The number of fused-ring (bicyclic) bond motifs is 7. The molecule has 2 atom stereocenters. The minimum Gasteiger partial charge on any atom is -0.399 e. The second kappa shape index (κ2) is 3.15. The zero-order valence-electron chi connectivity index (χ0n) is 10.4. The Hall–Kier alpha value is -1.80. The van der Waals surface area contributed by atoms with E-state index in [0.717, 1.165) is 12.1 Å². The van der Waals surface area contributed by atoms with Gasteiger partial charge in [0.25, 0.3) is 0 Å². The summed E-state index contributed by atoms with van der Waals surface area (Å²) in [6.45, 7) is 2.27. The van der Waals surface area contributed by atoms with Crippen molar-refractivity contribution in [2.75, 3.05) is 5.73 Å². The summed E-state index contributed by atoms with van der Waals surface area (Å²) in [7, 11) is 0. The first-order valence-corrected chi connectivity index (χ1v) is 6.44. The molecule has 2 heteroatoms. The smallest absolute Gasteiger partial charge is 0.0673 e. The normalized spacial score (nSPS) is 27.7. The van der Waals surface area contributed by atoms with Crippen molar-refractivity contribution in [3.63, 3.8) is 0 Å². The van der Waals surface area contributed by atoms with E-state index >= 15 is 0 Å². The number of anilines is 1. The van der Waals surface area contributed by atoms with Crippen molar-refractivity contribution in [1.82, 2.24) is 5.32 Å². The van der Waals surface area contributed by atoms with E-state index in [-0.39, 0.29) is 5.54 Å². The summed E-state index contributed by atoms with van der Waals surface area (Å²) in [6.07, 6.45) is 1.06. The van der Waals surface area contributed by atoms with Gasteiger partial charge < -0.3 is 5.73 Å². The van der Waals surface area contributed by atoms with Gasteiger partial charge in [-0.3, -0.25) is 5.32 Å². The molecular formula is C16H16N2. The molecule has 2 heterocycles. The fraction of sp³-hybridized carbons (Fsp3) is 0.250. The number of benzene rings is 2. The minimum atomic E-state index is -0.0791. The van der Waals surface area contributed by atoms with Crippen LogP contribution >= 0.6 is 0 Å². The van der Waals surface area contributed by atoms with Gasteiger partial charge in [0, 0.05) is 11.7 Å². The van der Waals surface area contributed by atoms with Crippen molar-refractivity contribution in [2.24, 2.45) is 0 Å². The third-order valence-corrected chi connectivity index (χ3v) is 4.43. The molecule has 0 saturated carbocycles. The molecule has 0 amide bonds. The minimum absolute atomic E-state index is 0.0791. The zero-order chi connectivity index (χ0) is 12.3. The first kappa shape index (κ1) is 10.2. The van der Waals surface area contributed by atoms with Crippen LogP contribution in [0.4, 0.5) is 5.69 Å². The molecule has 2 aromatic rings. The summed E-state index contributed by atoms with van der Waals surface area (Å²) < 4.78 is 0. The Morgan fingerprint density at radius 2 is 2.00 bits per heavy atom. The van der Waals surface area contributed by atoms with E-state index in [1.807, 2.05) is 6.07 Å². The first-order chi connectivity index (χ1) is 8.68. The molecule has 1 unspecified atom stereocenters. The van der Waals surface area contributed by atoms with Gasteiger partial charge in [0.15, 0.2) is 0 Å². The van der Waals surface area contributed by atoms with E-state index < -0.39 is 0 Å². The Balaban J connectivity index is 2.04. The monoisotopic (exact) mass is 236 g/mol. The molecule has 90 valence electrons. The molecule has 2 bridgehead atoms. The Bertz CT molecular complexity index is 647. The van der Waals surface area contributed by atoms with Crippen molar-refractivity contribution in [3.05, 3.63) is 64.7 Å². The predicted octanol–water partition coefficient (Wildman–Crippen LogP) is 2.73. The van der Waals surface area contributed by atoms with Crippen LogP contribution in [0.15, 0.2) is 42.5 Å². The highest BCUT2D eigenvalue weighted by atomic mass is 15.1. The van der Waals surface area contributed by atoms with Crippen LogP contribution in [-0.2, 0) is 12.0 Å². The van der Waals surface area contributed by atoms with Gasteiger partial charge in [-0.05, 0) is 47.7 Å². The van der Waals surface area contributed by atoms with E-state index in [1.54, 1.807) is 0 Å². The van der Waals surface area contributed by atoms with Crippen molar-refractivity contribution < 1.29 is 0 Å². The second-order valence-corrected chi connectivity index (χ2v) is 5.53. The molecule has 0 radical (unpaired) electrons. The van der Waals surface area contributed by atoms with E-state index in [4.69, 9.17) is 5.73 Å². The number of nitrogens with two attached hydrogens (primary N) is 1. The number of rotatable bonds is 0. The molecule has 2 nitrogen and oxygen atoms in total. The molecule has 2 aromatic carbocycles.